The van der Waals surface area contributed by atoms with Gasteiger partial charge >= 0.3 is 0 Å². The van der Waals surface area contributed by atoms with E-state index in [0.717, 1.165) is 51.4 Å². The van der Waals surface area contributed by atoms with Crippen LogP contribution in [0.1, 0.15) is 72.1 Å². The van der Waals surface area contributed by atoms with Crippen LogP contribution < -0.4 is 11.1 Å². The van der Waals surface area contributed by atoms with Crippen LogP contribution >= 0.6 is 12.2 Å². The van der Waals surface area contributed by atoms with Crippen LogP contribution in [0.25, 0.3) is 0 Å². The van der Waals surface area contributed by atoms with E-state index >= 15 is 0 Å². The van der Waals surface area contributed by atoms with Crippen molar-refractivity contribution < 1.29 is 4.79 Å². The van der Waals surface area contributed by atoms with Crippen LogP contribution in [0.3, 0.4) is 0 Å². The average Bonchev–Trinajstić information content (AvgIpc) is 2.42. The van der Waals surface area contributed by atoms with Crippen molar-refractivity contribution in [3.05, 3.63) is 0 Å². The Morgan fingerprint density at radius 2 is 2.00 bits per heavy atom. The highest BCUT2D eigenvalue weighted by molar-refractivity contribution is 7.80. The maximum atomic E-state index is 12.5. The molecule has 1 rings (SSSR count). The Balaban J connectivity index is 2.70. The minimum Gasteiger partial charge on any atom is -0.391 e. The average molecular weight is 298 g/mol. The van der Waals surface area contributed by atoms with Crippen molar-refractivity contribution in [2.75, 3.05) is 0 Å². The number of rotatable bonds is 7. The zero-order valence-corrected chi connectivity index (χ0v) is 14.0. The Kier molecular flexibility index (Phi) is 6.93. The van der Waals surface area contributed by atoms with Crippen molar-refractivity contribution in [3.63, 3.8) is 0 Å². The molecule has 1 fully saturated rings. The lowest BCUT2D eigenvalue weighted by molar-refractivity contribution is -0.127. The number of unbranched alkanes of at least 4 members (excludes halogenated alkanes) is 1. The predicted octanol–water partition coefficient (Wildman–Crippen LogP) is 3.55. The van der Waals surface area contributed by atoms with Crippen molar-refractivity contribution in [3.8, 4) is 0 Å². The van der Waals surface area contributed by atoms with Crippen LogP contribution in [0.15, 0.2) is 0 Å². The van der Waals surface area contributed by atoms with Gasteiger partial charge in [-0.15, -0.1) is 0 Å². The molecule has 0 aromatic rings. The molecule has 1 aliphatic rings. The van der Waals surface area contributed by atoms with E-state index in [2.05, 4.69) is 26.1 Å². The maximum absolute atomic E-state index is 12.5. The zero-order valence-electron chi connectivity index (χ0n) is 13.2. The third-order valence-electron chi connectivity index (χ3n) is 4.73. The maximum Gasteiger partial charge on any atom is 0.223 e. The number of hydrogen-bond donors (Lipinski definition) is 2. The van der Waals surface area contributed by atoms with Crippen LogP contribution in [0, 0.1) is 11.8 Å². The smallest absolute Gasteiger partial charge is 0.223 e. The molecule has 0 aromatic carbocycles. The molecule has 0 aliphatic heterocycles. The van der Waals surface area contributed by atoms with E-state index in [1.807, 2.05) is 0 Å². The molecule has 1 atom stereocenters. The number of carbonyl (C=O) groups excluding carboxylic acids is 1. The van der Waals surface area contributed by atoms with E-state index in [-0.39, 0.29) is 11.8 Å². The van der Waals surface area contributed by atoms with E-state index in [0.29, 0.717) is 10.9 Å². The lowest BCUT2D eigenvalue weighted by Gasteiger charge is -2.40. The quantitative estimate of drug-likeness (QED) is 0.707. The lowest BCUT2D eigenvalue weighted by atomic mass is 9.76. The van der Waals surface area contributed by atoms with Gasteiger partial charge in [-0.2, -0.15) is 0 Å². The zero-order chi connectivity index (χ0) is 15.2. The summed E-state index contributed by atoms with van der Waals surface area (Å²) in [5, 5.41) is 3.21. The highest BCUT2D eigenvalue weighted by Gasteiger charge is 2.39. The van der Waals surface area contributed by atoms with Gasteiger partial charge in [-0.3, -0.25) is 4.79 Å². The Hall–Kier alpha value is -0.640. The molecule has 116 valence electrons. The number of amides is 1. The molecule has 1 saturated carbocycles. The molecule has 0 saturated heterocycles. The van der Waals surface area contributed by atoms with Gasteiger partial charge < -0.3 is 11.1 Å². The molecular formula is C16H30N2OS. The molecule has 0 bridgehead atoms. The standard InChI is InChI=1S/C16H30N2OS/c1-4-6-7-13(5-2)14(19)18-16(15(17)20)10-8-12(3)9-11-16/h12-13H,4-11H2,1-3H3,(H2,17,20)(H,18,19). The van der Waals surface area contributed by atoms with Crippen LogP contribution in [0.2, 0.25) is 0 Å². The number of nitrogens with two attached hydrogens (primary N) is 1. The largest absolute Gasteiger partial charge is 0.391 e. The van der Waals surface area contributed by atoms with Crippen molar-refractivity contribution >= 4 is 23.1 Å². The van der Waals surface area contributed by atoms with E-state index in [9.17, 15) is 4.79 Å². The topological polar surface area (TPSA) is 55.1 Å². The van der Waals surface area contributed by atoms with E-state index in [1.165, 1.54) is 0 Å². The Labute approximate surface area is 129 Å². The molecule has 20 heavy (non-hydrogen) atoms. The third-order valence-corrected chi connectivity index (χ3v) is 5.12. The Morgan fingerprint density at radius 3 is 2.45 bits per heavy atom. The second-order valence-corrected chi connectivity index (χ2v) is 6.81. The summed E-state index contributed by atoms with van der Waals surface area (Å²) in [6, 6.07) is 0. The molecule has 0 aromatic heterocycles. The van der Waals surface area contributed by atoms with Crippen molar-refractivity contribution in [2.24, 2.45) is 17.6 Å². The van der Waals surface area contributed by atoms with Crippen molar-refractivity contribution in [1.29, 1.82) is 0 Å². The van der Waals surface area contributed by atoms with Gasteiger partial charge in [-0.05, 0) is 44.4 Å². The summed E-state index contributed by atoms with van der Waals surface area (Å²) in [5.41, 5.74) is 5.52. The van der Waals surface area contributed by atoms with Gasteiger partial charge in [0.15, 0.2) is 0 Å². The molecule has 0 spiro atoms. The van der Waals surface area contributed by atoms with Crippen LogP contribution in [-0.2, 0) is 4.79 Å². The fraction of sp³-hybridized carbons (Fsp3) is 0.875. The first-order valence-electron chi connectivity index (χ1n) is 8.07. The molecular weight excluding hydrogens is 268 g/mol. The van der Waals surface area contributed by atoms with Gasteiger partial charge in [-0.25, -0.2) is 0 Å². The van der Waals surface area contributed by atoms with Gasteiger partial charge in [0.05, 0.1) is 10.5 Å². The summed E-state index contributed by atoms with van der Waals surface area (Å²) in [5.74, 6) is 0.945. The summed E-state index contributed by atoms with van der Waals surface area (Å²) in [6.07, 6.45) is 8.02. The van der Waals surface area contributed by atoms with Gasteiger partial charge in [-0.1, -0.05) is 45.8 Å². The summed E-state index contributed by atoms with van der Waals surface area (Å²) in [7, 11) is 0. The molecule has 0 radical (unpaired) electrons. The second kappa shape index (κ2) is 7.96. The summed E-state index contributed by atoms with van der Waals surface area (Å²) in [4.78, 5) is 13.0. The molecule has 0 heterocycles. The van der Waals surface area contributed by atoms with E-state index < -0.39 is 5.54 Å². The Bertz CT molecular complexity index is 335. The fourth-order valence-corrected chi connectivity index (χ4v) is 3.25. The summed E-state index contributed by atoms with van der Waals surface area (Å²) < 4.78 is 0. The van der Waals surface area contributed by atoms with E-state index in [4.69, 9.17) is 18.0 Å². The number of hydrogen-bond acceptors (Lipinski definition) is 2. The minimum atomic E-state index is -0.432. The van der Waals surface area contributed by atoms with Crippen LogP contribution in [-0.4, -0.2) is 16.4 Å². The monoisotopic (exact) mass is 298 g/mol. The van der Waals surface area contributed by atoms with Gasteiger partial charge in [0.25, 0.3) is 0 Å². The highest BCUT2D eigenvalue weighted by atomic mass is 32.1. The molecule has 1 amide bonds. The predicted molar refractivity (Wildman–Crippen MR) is 88.6 cm³/mol. The normalized spacial score (nSPS) is 27.9. The fourth-order valence-electron chi connectivity index (χ4n) is 3.00. The molecule has 1 aliphatic carbocycles. The molecule has 3 nitrogen and oxygen atoms in total. The first-order chi connectivity index (χ1) is 9.45. The van der Waals surface area contributed by atoms with Gasteiger partial charge in [0.1, 0.15) is 0 Å². The number of carbonyl (C=O) groups is 1. The van der Waals surface area contributed by atoms with Gasteiger partial charge in [0.2, 0.25) is 5.91 Å². The molecule has 3 N–H and O–H groups in total. The van der Waals surface area contributed by atoms with E-state index in [1.54, 1.807) is 0 Å². The number of thiocarbonyl (C=S) groups is 1. The second-order valence-electron chi connectivity index (χ2n) is 6.37. The summed E-state index contributed by atoms with van der Waals surface area (Å²) in [6.45, 7) is 6.49. The van der Waals surface area contributed by atoms with Gasteiger partial charge in [0, 0.05) is 5.92 Å². The molecule has 1 unspecified atom stereocenters. The first kappa shape index (κ1) is 17.4. The first-order valence-corrected chi connectivity index (χ1v) is 8.48. The Morgan fingerprint density at radius 1 is 1.40 bits per heavy atom. The van der Waals surface area contributed by atoms with Crippen molar-refractivity contribution in [1.82, 2.24) is 5.32 Å². The van der Waals surface area contributed by atoms with Crippen LogP contribution in [0.4, 0.5) is 0 Å². The third kappa shape index (κ3) is 4.44. The van der Waals surface area contributed by atoms with Crippen LogP contribution in [0.5, 0.6) is 0 Å². The molecule has 4 heteroatoms. The number of nitrogens with one attached hydrogen (secondary N) is 1. The summed E-state index contributed by atoms with van der Waals surface area (Å²) >= 11 is 5.26. The SMILES string of the molecule is CCCCC(CC)C(=O)NC1(C(N)=S)CCC(C)CC1. The lowest BCUT2D eigenvalue weighted by Crippen LogP contribution is -2.59. The minimum absolute atomic E-state index is 0.0977. The highest BCUT2D eigenvalue weighted by Crippen LogP contribution is 2.32. The van der Waals surface area contributed by atoms with Crippen molar-refractivity contribution in [2.45, 2.75) is 77.7 Å².